The van der Waals surface area contributed by atoms with Crippen LogP contribution in [0.25, 0.3) is 17.0 Å². The first-order chi connectivity index (χ1) is 15.2. The van der Waals surface area contributed by atoms with Crippen molar-refractivity contribution in [1.29, 1.82) is 0 Å². The molecule has 1 amide bonds. The number of hydrogen-bond acceptors (Lipinski definition) is 3. The molecule has 5 heteroatoms. The SMILES string of the molecule is O=C(C=Cc1ccccc1)N(CCc1ccccc1)Cc1nc2ccccc2c(=O)[nH]1. The Kier molecular flexibility index (Phi) is 6.33. The molecule has 5 nitrogen and oxygen atoms in total. The molecule has 1 aromatic heterocycles. The van der Waals surface area contributed by atoms with Crippen molar-refractivity contribution in [1.82, 2.24) is 14.9 Å². The molecule has 0 fully saturated rings. The van der Waals surface area contributed by atoms with Crippen LogP contribution in [0, 0.1) is 0 Å². The van der Waals surface area contributed by atoms with Gasteiger partial charge in [-0.3, -0.25) is 9.59 Å². The summed E-state index contributed by atoms with van der Waals surface area (Å²) in [6.45, 7) is 0.739. The number of nitrogens with one attached hydrogen (secondary N) is 1. The fourth-order valence-corrected chi connectivity index (χ4v) is 3.40. The number of hydrogen-bond donors (Lipinski definition) is 1. The van der Waals surface area contributed by atoms with Gasteiger partial charge in [0.2, 0.25) is 5.91 Å². The molecule has 3 aromatic carbocycles. The molecular formula is C26H23N3O2. The van der Waals surface area contributed by atoms with Crippen LogP contribution in [0.1, 0.15) is 17.0 Å². The van der Waals surface area contributed by atoms with Crippen molar-refractivity contribution < 1.29 is 4.79 Å². The summed E-state index contributed by atoms with van der Waals surface area (Å²) in [6.07, 6.45) is 4.08. The van der Waals surface area contributed by atoms with E-state index in [9.17, 15) is 9.59 Å². The van der Waals surface area contributed by atoms with E-state index in [1.165, 1.54) is 0 Å². The van der Waals surface area contributed by atoms with Gasteiger partial charge in [0.15, 0.2) is 0 Å². The maximum absolute atomic E-state index is 13.0. The second-order valence-electron chi connectivity index (χ2n) is 7.27. The predicted octanol–water partition coefficient (Wildman–Crippen LogP) is 4.21. The van der Waals surface area contributed by atoms with Crippen LogP contribution in [-0.4, -0.2) is 27.3 Å². The van der Waals surface area contributed by atoms with Crippen molar-refractivity contribution in [3.63, 3.8) is 0 Å². The van der Waals surface area contributed by atoms with Crippen molar-refractivity contribution >= 4 is 22.9 Å². The van der Waals surface area contributed by atoms with Crippen LogP contribution in [0.2, 0.25) is 0 Å². The highest BCUT2D eigenvalue weighted by atomic mass is 16.2. The maximum Gasteiger partial charge on any atom is 0.258 e. The molecule has 4 rings (SSSR count). The van der Waals surface area contributed by atoms with Gasteiger partial charge in [0, 0.05) is 12.6 Å². The molecule has 0 aliphatic heterocycles. The largest absolute Gasteiger partial charge is 0.331 e. The van der Waals surface area contributed by atoms with Gasteiger partial charge in [-0.25, -0.2) is 4.98 Å². The monoisotopic (exact) mass is 409 g/mol. The minimum atomic E-state index is -0.198. The molecule has 0 aliphatic rings. The Morgan fingerprint density at radius 3 is 2.35 bits per heavy atom. The second kappa shape index (κ2) is 9.67. The van der Waals surface area contributed by atoms with Crippen LogP contribution in [0.5, 0.6) is 0 Å². The Labute approximate surface area is 180 Å². The molecule has 0 unspecified atom stereocenters. The maximum atomic E-state index is 13.0. The number of nitrogens with zero attached hydrogens (tertiary/aromatic N) is 2. The van der Waals surface area contributed by atoms with Gasteiger partial charge in [0.05, 0.1) is 17.4 Å². The highest BCUT2D eigenvalue weighted by Gasteiger charge is 2.14. The van der Waals surface area contributed by atoms with Gasteiger partial charge >= 0.3 is 0 Å². The molecule has 0 spiro atoms. The summed E-state index contributed by atoms with van der Waals surface area (Å²) in [4.78, 5) is 34.5. The molecule has 0 aliphatic carbocycles. The van der Waals surface area contributed by atoms with E-state index in [0.29, 0.717) is 29.7 Å². The fraction of sp³-hybridized carbons (Fsp3) is 0.115. The van der Waals surface area contributed by atoms with E-state index in [1.807, 2.05) is 72.8 Å². The Bertz CT molecular complexity index is 1250. The lowest BCUT2D eigenvalue weighted by Gasteiger charge is -2.21. The number of rotatable bonds is 7. The lowest BCUT2D eigenvalue weighted by molar-refractivity contribution is -0.126. The lowest BCUT2D eigenvalue weighted by Crippen LogP contribution is -2.32. The van der Waals surface area contributed by atoms with Gasteiger partial charge in [-0.1, -0.05) is 72.8 Å². The Balaban J connectivity index is 1.57. The third-order valence-corrected chi connectivity index (χ3v) is 5.05. The molecule has 0 saturated heterocycles. The van der Waals surface area contributed by atoms with Crippen LogP contribution in [0.3, 0.4) is 0 Å². The van der Waals surface area contributed by atoms with Crippen LogP contribution < -0.4 is 5.56 Å². The number of aromatic amines is 1. The number of H-pyrrole nitrogens is 1. The summed E-state index contributed by atoms with van der Waals surface area (Å²) in [5.41, 5.74) is 2.52. The molecule has 0 bridgehead atoms. The summed E-state index contributed by atoms with van der Waals surface area (Å²) in [5.74, 6) is 0.341. The van der Waals surface area contributed by atoms with Crippen molar-refractivity contribution in [3.05, 3.63) is 118 Å². The van der Waals surface area contributed by atoms with Gasteiger partial charge in [-0.2, -0.15) is 0 Å². The van der Waals surface area contributed by atoms with E-state index in [2.05, 4.69) is 9.97 Å². The minimum absolute atomic E-state index is 0.129. The van der Waals surface area contributed by atoms with E-state index in [4.69, 9.17) is 0 Å². The van der Waals surface area contributed by atoms with Gasteiger partial charge in [0.25, 0.3) is 5.56 Å². The molecular weight excluding hydrogens is 386 g/mol. The third-order valence-electron chi connectivity index (χ3n) is 5.05. The highest BCUT2D eigenvalue weighted by Crippen LogP contribution is 2.10. The smallest absolute Gasteiger partial charge is 0.258 e. The standard InChI is InChI=1S/C26H23N3O2/c30-25(16-15-20-9-3-1-4-10-20)29(18-17-21-11-5-2-6-12-21)19-24-27-23-14-8-7-13-22(23)26(31)28-24/h1-16H,17-19H2,(H,27,28,31). The molecule has 4 aromatic rings. The van der Waals surface area contributed by atoms with E-state index in [1.54, 1.807) is 29.2 Å². The third kappa shape index (κ3) is 5.34. The minimum Gasteiger partial charge on any atom is -0.331 e. The molecule has 0 saturated carbocycles. The normalized spacial score (nSPS) is 11.1. The van der Waals surface area contributed by atoms with E-state index in [0.717, 1.165) is 11.1 Å². The fourth-order valence-electron chi connectivity index (χ4n) is 3.40. The second-order valence-corrected chi connectivity index (χ2v) is 7.27. The van der Waals surface area contributed by atoms with Crippen LogP contribution >= 0.6 is 0 Å². The predicted molar refractivity (Wildman–Crippen MR) is 123 cm³/mol. The molecule has 1 N–H and O–H groups in total. The first-order valence-corrected chi connectivity index (χ1v) is 10.2. The van der Waals surface area contributed by atoms with Crippen LogP contribution in [0.4, 0.5) is 0 Å². The van der Waals surface area contributed by atoms with Gasteiger partial charge in [0.1, 0.15) is 5.82 Å². The Morgan fingerprint density at radius 1 is 0.903 bits per heavy atom. The molecule has 31 heavy (non-hydrogen) atoms. The number of para-hydroxylation sites is 1. The zero-order chi connectivity index (χ0) is 21.5. The summed E-state index contributed by atoms with van der Waals surface area (Å²) in [5, 5.41) is 0.539. The van der Waals surface area contributed by atoms with Crippen molar-refractivity contribution in [2.24, 2.45) is 0 Å². The first-order valence-electron chi connectivity index (χ1n) is 10.2. The van der Waals surface area contributed by atoms with E-state index < -0.39 is 0 Å². The van der Waals surface area contributed by atoms with Gasteiger partial charge in [-0.05, 0) is 35.8 Å². The van der Waals surface area contributed by atoms with Crippen molar-refractivity contribution in [2.45, 2.75) is 13.0 Å². The van der Waals surface area contributed by atoms with Crippen LogP contribution in [0.15, 0.2) is 95.8 Å². The number of amides is 1. The summed E-state index contributed by atoms with van der Waals surface area (Å²) >= 11 is 0. The zero-order valence-electron chi connectivity index (χ0n) is 17.1. The van der Waals surface area contributed by atoms with Gasteiger partial charge in [-0.15, -0.1) is 0 Å². The Hall–Kier alpha value is -3.99. The van der Waals surface area contributed by atoms with Crippen molar-refractivity contribution in [3.8, 4) is 0 Å². The van der Waals surface area contributed by atoms with E-state index in [-0.39, 0.29) is 18.0 Å². The van der Waals surface area contributed by atoms with Crippen LogP contribution in [-0.2, 0) is 17.8 Å². The average Bonchev–Trinajstić information content (AvgIpc) is 2.81. The molecule has 154 valence electrons. The molecule has 0 atom stereocenters. The quantitative estimate of drug-likeness (QED) is 0.465. The summed E-state index contributed by atoms with van der Waals surface area (Å²) in [7, 11) is 0. The number of aromatic nitrogens is 2. The summed E-state index contributed by atoms with van der Waals surface area (Å²) < 4.78 is 0. The first kappa shape index (κ1) is 20.3. The lowest BCUT2D eigenvalue weighted by atomic mass is 10.1. The Morgan fingerprint density at radius 2 is 1.58 bits per heavy atom. The number of fused-ring (bicyclic) bond motifs is 1. The topological polar surface area (TPSA) is 66.1 Å². The highest BCUT2D eigenvalue weighted by molar-refractivity contribution is 5.91. The van der Waals surface area contributed by atoms with E-state index >= 15 is 0 Å². The average molecular weight is 409 g/mol. The van der Waals surface area contributed by atoms with Gasteiger partial charge < -0.3 is 9.88 Å². The zero-order valence-corrected chi connectivity index (χ0v) is 17.1. The van der Waals surface area contributed by atoms with Crippen molar-refractivity contribution in [2.75, 3.05) is 6.54 Å². The summed E-state index contributed by atoms with van der Waals surface area (Å²) in [6, 6.07) is 26.9. The number of carbonyl (C=O) groups excluding carboxylic acids is 1. The molecule has 0 radical (unpaired) electrons. The molecule has 1 heterocycles. The number of carbonyl (C=O) groups is 1. The number of benzene rings is 3.